The van der Waals surface area contributed by atoms with E-state index in [0.29, 0.717) is 74.0 Å². The first-order valence-electron chi connectivity index (χ1n) is 25.1. The zero-order chi connectivity index (χ0) is 52.2. The summed E-state index contributed by atoms with van der Waals surface area (Å²) in [6.45, 7) is 5.48. The Bertz CT molecular complexity index is 3440. The van der Waals surface area contributed by atoms with Crippen LogP contribution in [-0.4, -0.2) is 103 Å². The Labute approximate surface area is 429 Å². The highest BCUT2D eigenvalue weighted by atomic mass is 19.2. The van der Waals surface area contributed by atoms with Gasteiger partial charge in [-0.15, -0.1) is 0 Å². The number of fused-ring (bicyclic) bond motifs is 2. The molecule has 0 aliphatic carbocycles. The fraction of sp³-hybridized carbons (Fsp3) is 0.304. The maximum atomic E-state index is 14.7. The molecule has 6 amide bonds. The standard InChI is InChI=1S/C56H52F2N10O7/c1-31-51(32(2)75-63-31)35-14-19-45-44(26-35)62-53(46-8-5-9-50(71)66(46)38-16-17-40(57)41(58)27-38)67(45)37-22-24-65(25-23-37)30-48(69)61-36-15-18-42(60-29-36)34-12-10-33(11-13-34)28-59-43-7-4-6-39-52(43)56(74)68(54(39)72)47-20-21-49(70)64(3)55(47)73/h4,6-7,10-19,26-27,29,37,46-47,59H,5,8-9,20-25,28,30H2,1-3H3,(H,61,69)/t46-,47?/m0/s1. The number of hydrogen-bond acceptors (Lipinski definition) is 12. The number of carbonyl (C=O) groups is 6. The number of likely N-dealkylation sites (tertiary alicyclic amines) is 2. The first-order chi connectivity index (χ1) is 36.2. The van der Waals surface area contributed by atoms with Crippen molar-refractivity contribution in [2.75, 3.05) is 42.2 Å². The molecule has 3 saturated heterocycles. The zero-order valence-electron chi connectivity index (χ0n) is 41.4. The molecule has 0 saturated carbocycles. The highest BCUT2D eigenvalue weighted by molar-refractivity contribution is 6.25. The molecule has 19 heteroatoms. The highest BCUT2D eigenvalue weighted by Crippen LogP contribution is 2.41. The Kier molecular flexibility index (Phi) is 12.9. The van der Waals surface area contributed by atoms with Crippen LogP contribution < -0.4 is 15.5 Å². The van der Waals surface area contributed by atoms with Crippen LogP contribution in [0.5, 0.6) is 0 Å². The second-order valence-electron chi connectivity index (χ2n) is 19.6. The van der Waals surface area contributed by atoms with Gasteiger partial charge in [-0.1, -0.05) is 41.6 Å². The lowest BCUT2D eigenvalue weighted by Gasteiger charge is -2.38. The smallest absolute Gasteiger partial charge is 0.264 e. The van der Waals surface area contributed by atoms with E-state index < -0.39 is 41.4 Å². The van der Waals surface area contributed by atoms with E-state index in [-0.39, 0.29) is 66.4 Å². The Morgan fingerprint density at radius 2 is 1.56 bits per heavy atom. The third kappa shape index (κ3) is 9.10. The summed E-state index contributed by atoms with van der Waals surface area (Å²) in [6, 6.07) is 24.3. The largest absolute Gasteiger partial charge is 0.380 e. The van der Waals surface area contributed by atoms with Crippen LogP contribution in [0.15, 0.2) is 102 Å². The van der Waals surface area contributed by atoms with Crippen molar-refractivity contribution >= 4 is 63.5 Å². The normalized spacial score (nSPS) is 18.6. The number of piperidine rings is 3. The number of aryl methyl sites for hydroxylation is 2. The van der Waals surface area contributed by atoms with Crippen molar-refractivity contribution in [1.29, 1.82) is 0 Å². The summed E-state index contributed by atoms with van der Waals surface area (Å²) >= 11 is 0. The van der Waals surface area contributed by atoms with E-state index in [9.17, 15) is 37.5 Å². The third-order valence-corrected chi connectivity index (χ3v) is 14.9. The fourth-order valence-corrected chi connectivity index (χ4v) is 11.1. The maximum Gasteiger partial charge on any atom is 0.264 e. The zero-order valence-corrected chi connectivity index (χ0v) is 41.4. The van der Waals surface area contributed by atoms with Crippen LogP contribution in [0.25, 0.3) is 33.4 Å². The predicted molar refractivity (Wildman–Crippen MR) is 273 cm³/mol. The van der Waals surface area contributed by atoms with Crippen LogP contribution in [0.4, 0.5) is 25.8 Å². The van der Waals surface area contributed by atoms with Crippen molar-refractivity contribution < 1.29 is 42.1 Å². The summed E-state index contributed by atoms with van der Waals surface area (Å²) in [6.07, 6.45) is 4.61. The minimum absolute atomic E-state index is 0.0352. The number of hydrogen-bond donors (Lipinski definition) is 2. The molecule has 382 valence electrons. The number of anilines is 3. The van der Waals surface area contributed by atoms with Crippen LogP contribution in [0.2, 0.25) is 0 Å². The van der Waals surface area contributed by atoms with Gasteiger partial charge >= 0.3 is 0 Å². The molecule has 1 unspecified atom stereocenters. The van der Waals surface area contributed by atoms with Gasteiger partial charge in [0.2, 0.25) is 17.7 Å². The number of amides is 6. The summed E-state index contributed by atoms with van der Waals surface area (Å²) in [5.74, 6) is -3.10. The lowest BCUT2D eigenvalue weighted by molar-refractivity contribution is -0.149. The maximum absolute atomic E-state index is 14.7. The Morgan fingerprint density at radius 3 is 2.29 bits per heavy atom. The number of pyridine rings is 1. The molecule has 4 aliphatic rings. The molecular formula is C56H52F2N10O7. The number of carbonyl (C=O) groups excluding carboxylic acids is 6. The van der Waals surface area contributed by atoms with Gasteiger partial charge in [-0.05, 0) is 106 Å². The van der Waals surface area contributed by atoms with Crippen LogP contribution >= 0.6 is 0 Å². The van der Waals surface area contributed by atoms with Gasteiger partial charge in [0, 0.05) is 74.1 Å². The van der Waals surface area contributed by atoms with Crippen molar-refractivity contribution in [2.24, 2.45) is 0 Å². The Hall–Kier alpha value is -8.45. The SMILES string of the molecule is Cc1noc(C)c1-c1ccc2c(c1)nc([C@@H]1CCCC(=O)N1c1ccc(F)c(F)c1)n2C1CCN(CC(=O)Nc2ccc(-c3ccc(CNc4cccc5c4C(=O)N(C4CCC(=O)N(C)C4=O)C5=O)cc3)nc2)CC1. The van der Waals surface area contributed by atoms with E-state index >= 15 is 0 Å². The number of nitrogens with zero attached hydrogens (tertiary/aromatic N) is 8. The predicted octanol–water partition coefficient (Wildman–Crippen LogP) is 8.54. The lowest BCUT2D eigenvalue weighted by Crippen LogP contribution is -2.54. The van der Waals surface area contributed by atoms with E-state index in [2.05, 4.69) is 30.2 Å². The summed E-state index contributed by atoms with van der Waals surface area (Å²) in [5, 5.41) is 10.4. The molecule has 2 N–H and O–H groups in total. The van der Waals surface area contributed by atoms with Gasteiger partial charge in [-0.2, -0.15) is 0 Å². The van der Waals surface area contributed by atoms with Gasteiger partial charge in [0.05, 0.1) is 58.0 Å². The van der Waals surface area contributed by atoms with Gasteiger partial charge in [0.25, 0.3) is 17.7 Å². The summed E-state index contributed by atoms with van der Waals surface area (Å²) in [4.78, 5) is 94.6. The molecule has 3 aromatic heterocycles. The van der Waals surface area contributed by atoms with E-state index in [1.54, 1.807) is 35.4 Å². The second kappa shape index (κ2) is 19.8. The van der Waals surface area contributed by atoms with Crippen molar-refractivity contribution in [3.8, 4) is 22.4 Å². The first-order valence-corrected chi connectivity index (χ1v) is 25.1. The summed E-state index contributed by atoms with van der Waals surface area (Å²) in [7, 11) is 1.36. The Balaban J connectivity index is 0.728. The van der Waals surface area contributed by atoms with Gasteiger partial charge < -0.3 is 24.6 Å². The summed E-state index contributed by atoms with van der Waals surface area (Å²) < 4.78 is 36.5. The van der Waals surface area contributed by atoms with Gasteiger partial charge in [-0.25, -0.2) is 13.8 Å². The van der Waals surface area contributed by atoms with Crippen LogP contribution in [0.3, 0.4) is 0 Å². The van der Waals surface area contributed by atoms with Gasteiger partial charge in [-0.3, -0.25) is 48.5 Å². The van der Waals surface area contributed by atoms with Crippen molar-refractivity contribution in [1.82, 2.24) is 34.4 Å². The van der Waals surface area contributed by atoms with Crippen LogP contribution in [0.1, 0.15) is 101 Å². The molecule has 0 bridgehead atoms. The molecule has 75 heavy (non-hydrogen) atoms. The number of nitrogens with one attached hydrogen (secondary N) is 2. The molecule has 7 aromatic rings. The monoisotopic (exact) mass is 1010 g/mol. The van der Waals surface area contributed by atoms with E-state index in [4.69, 9.17) is 9.51 Å². The minimum Gasteiger partial charge on any atom is -0.380 e. The molecule has 17 nitrogen and oxygen atoms in total. The van der Waals surface area contributed by atoms with Crippen molar-refractivity contribution in [3.05, 3.63) is 143 Å². The number of likely N-dealkylation sites (N-methyl/N-ethyl adjacent to an activating group) is 1. The molecule has 4 aliphatic heterocycles. The average molecular weight is 1020 g/mol. The van der Waals surface area contributed by atoms with Gasteiger partial charge in [0.15, 0.2) is 11.6 Å². The lowest BCUT2D eigenvalue weighted by atomic mass is 9.98. The quantitative estimate of drug-likeness (QED) is 0.111. The molecule has 4 aromatic carbocycles. The van der Waals surface area contributed by atoms with E-state index in [1.165, 1.54) is 13.1 Å². The second-order valence-corrected chi connectivity index (χ2v) is 19.6. The minimum atomic E-state index is -1.04. The molecule has 3 fully saturated rings. The number of halogens is 2. The fourth-order valence-electron chi connectivity index (χ4n) is 11.1. The number of benzene rings is 4. The topological polar surface area (TPSA) is 196 Å². The van der Waals surface area contributed by atoms with E-state index in [0.717, 1.165) is 60.9 Å². The molecule has 7 heterocycles. The van der Waals surface area contributed by atoms with Crippen LogP contribution in [-0.2, 0) is 25.7 Å². The number of aromatic nitrogens is 4. The number of imide groups is 2. The van der Waals surface area contributed by atoms with E-state index in [1.807, 2.05) is 62.4 Å². The number of rotatable bonds is 12. The molecule has 0 radical (unpaired) electrons. The Morgan fingerprint density at radius 1 is 0.773 bits per heavy atom. The van der Waals surface area contributed by atoms with Crippen LogP contribution in [0, 0.1) is 25.5 Å². The first kappa shape index (κ1) is 48.8. The number of imidazole rings is 1. The highest BCUT2D eigenvalue weighted by Gasteiger charge is 2.47. The molecule has 2 atom stereocenters. The third-order valence-electron chi connectivity index (χ3n) is 14.9. The van der Waals surface area contributed by atoms with Crippen molar-refractivity contribution in [3.63, 3.8) is 0 Å². The van der Waals surface area contributed by atoms with Gasteiger partial charge in [0.1, 0.15) is 17.6 Å². The molecule has 11 rings (SSSR count). The average Bonchev–Trinajstić information content (AvgIpc) is 4.05. The van der Waals surface area contributed by atoms with Crippen molar-refractivity contribution in [2.45, 2.75) is 83.5 Å². The summed E-state index contributed by atoms with van der Waals surface area (Å²) in [5.41, 5.74) is 8.26. The molecule has 0 spiro atoms. The molecular weight excluding hydrogens is 963 g/mol.